The highest BCUT2D eigenvalue weighted by Crippen LogP contribution is 2.27. The predicted octanol–water partition coefficient (Wildman–Crippen LogP) is 4.69. The molecule has 29 heavy (non-hydrogen) atoms. The fourth-order valence-electron chi connectivity index (χ4n) is 3.91. The molecule has 0 spiro atoms. The van der Waals surface area contributed by atoms with Crippen LogP contribution in [0.3, 0.4) is 0 Å². The minimum Gasteiger partial charge on any atom is -0.337 e. The van der Waals surface area contributed by atoms with E-state index in [1.807, 2.05) is 65.6 Å². The molecule has 1 amide bonds. The van der Waals surface area contributed by atoms with E-state index in [2.05, 4.69) is 17.2 Å². The number of likely N-dealkylation sites (tertiary alicyclic amines) is 1. The van der Waals surface area contributed by atoms with Gasteiger partial charge in [-0.25, -0.2) is 9.50 Å². The molecule has 0 saturated carbocycles. The van der Waals surface area contributed by atoms with Gasteiger partial charge in [-0.2, -0.15) is 5.10 Å². The van der Waals surface area contributed by atoms with E-state index in [-0.39, 0.29) is 5.91 Å². The van der Waals surface area contributed by atoms with Crippen LogP contribution in [0.1, 0.15) is 29.8 Å². The highest BCUT2D eigenvalue weighted by Gasteiger charge is 2.22. The van der Waals surface area contributed by atoms with Crippen LogP contribution in [0.5, 0.6) is 0 Å². The van der Waals surface area contributed by atoms with Gasteiger partial charge in [0.1, 0.15) is 0 Å². The lowest BCUT2D eigenvalue weighted by molar-refractivity contribution is 0.0718. The molecule has 4 aromatic rings. The second-order valence-electron chi connectivity index (χ2n) is 7.41. The van der Waals surface area contributed by atoms with Crippen molar-refractivity contribution in [3.8, 4) is 22.5 Å². The normalized spacial score (nSPS) is 14.3. The van der Waals surface area contributed by atoms with Gasteiger partial charge in [-0.05, 0) is 25.3 Å². The van der Waals surface area contributed by atoms with Gasteiger partial charge in [0.05, 0.1) is 11.4 Å². The first kappa shape index (κ1) is 17.6. The van der Waals surface area contributed by atoms with Gasteiger partial charge in [0.25, 0.3) is 5.91 Å². The second kappa shape index (κ2) is 7.51. The van der Waals surface area contributed by atoms with Crippen LogP contribution in [0.15, 0.2) is 72.8 Å². The first-order valence-corrected chi connectivity index (χ1v) is 10.1. The molecule has 0 radical (unpaired) electrons. The van der Waals surface area contributed by atoms with E-state index in [0.717, 1.165) is 48.4 Å². The zero-order valence-electron chi connectivity index (χ0n) is 16.2. The largest absolute Gasteiger partial charge is 0.337 e. The molecule has 5 heteroatoms. The van der Waals surface area contributed by atoms with E-state index in [0.29, 0.717) is 11.3 Å². The van der Waals surface area contributed by atoms with Crippen LogP contribution >= 0.6 is 0 Å². The van der Waals surface area contributed by atoms with E-state index in [1.54, 1.807) is 4.52 Å². The van der Waals surface area contributed by atoms with Crippen LogP contribution in [0, 0.1) is 0 Å². The smallest absolute Gasteiger partial charge is 0.274 e. The van der Waals surface area contributed by atoms with Crippen molar-refractivity contribution in [2.24, 2.45) is 0 Å². The van der Waals surface area contributed by atoms with Crippen LogP contribution in [0.4, 0.5) is 0 Å². The van der Waals surface area contributed by atoms with Gasteiger partial charge in [0.2, 0.25) is 0 Å². The van der Waals surface area contributed by atoms with Crippen LogP contribution in [0.2, 0.25) is 0 Å². The van der Waals surface area contributed by atoms with Gasteiger partial charge in [-0.15, -0.1) is 0 Å². The Morgan fingerprint density at radius 2 is 1.45 bits per heavy atom. The van der Waals surface area contributed by atoms with E-state index < -0.39 is 0 Å². The number of hydrogen-bond acceptors (Lipinski definition) is 3. The van der Waals surface area contributed by atoms with Crippen molar-refractivity contribution in [1.82, 2.24) is 19.5 Å². The first-order valence-electron chi connectivity index (χ1n) is 10.1. The maximum atomic E-state index is 13.0. The van der Waals surface area contributed by atoms with Crippen LogP contribution < -0.4 is 0 Å². The van der Waals surface area contributed by atoms with Gasteiger partial charge in [-0.3, -0.25) is 4.79 Å². The summed E-state index contributed by atoms with van der Waals surface area (Å²) in [4.78, 5) is 19.7. The summed E-state index contributed by atoms with van der Waals surface area (Å²) in [5.74, 6) is -0.00419. The second-order valence-corrected chi connectivity index (χ2v) is 7.41. The van der Waals surface area contributed by atoms with Gasteiger partial charge in [0, 0.05) is 30.3 Å². The third-order valence-electron chi connectivity index (χ3n) is 5.43. The number of aromatic nitrogens is 3. The van der Waals surface area contributed by atoms with Gasteiger partial charge >= 0.3 is 0 Å². The molecule has 144 valence electrons. The summed E-state index contributed by atoms with van der Waals surface area (Å²) < 4.78 is 1.79. The topological polar surface area (TPSA) is 50.5 Å². The molecule has 0 atom stereocenters. The molecule has 2 aromatic heterocycles. The lowest BCUT2D eigenvalue weighted by atomic mass is 10.1. The molecule has 0 unspecified atom stereocenters. The Hall–Kier alpha value is -3.47. The van der Waals surface area contributed by atoms with Crippen LogP contribution in [0.25, 0.3) is 28.2 Å². The molecule has 5 rings (SSSR count). The fraction of sp³-hybridized carbons (Fsp3) is 0.208. The summed E-state index contributed by atoms with van der Waals surface area (Å²) in [6.45, 7) is 1.61. The number of amides is 1. The van der Waals surface area contributed by atoms with E-state index in [4.69, 9.17) is 4.98 Å². The summed E-state index contributed by atoms with van der Waals surface area (Å²) in [6.07, 6.45) is 3.31. The standard InChI is InChI=1S/C24H22N4O/c29-24(27-14-8-3-9-15-27)21-17-23-25-20(18-10-4-1-5-11-18)16-22(28(23)26-21)19-12-6-2-7-13-19/h1-2,4-7,10-13,16-17H,3,8-9,14-15H2. The molecule has 0 aliphatic carbocycles. The minimum atomic E-state index is -0.00419. The maximum absolute atomic E-state index is 13.0. The lowest BCUT2D eigenvalue weighted by Crippen LogP contribution is -2.35. The van der Waals surface area contributed by atoms with Gasteiger partial charge in [0.15, 0.2) is 11.3 Å². The molecule has 1 aliphatic rings. The zero-order valence-corrected chi connectivity index (χ0v) is 16.2. The molecule has 5 nitrogen and oxygen atoms in total. The van der Waals surface area contributed by atoms with E-state index >= 15 is 0 Å². The van der Waals surface area contributed by atoms with Crippen molar-refractivity contribution in [3.05, 3.63) is 78.5 Å². The Morgan fingerprint density at radius 1 is 0.793 bits per heavy atom. The Bertz CT molecular complexity index is 1150. The van der Waals surface area contributed by atoms with E-state index in [1.165, 1.54) is 6.42 Å². The molecule has 2 aromatic carbocycles. The highest BCUT2D eigenvalue weighted by molar-refractivity contribution is 5.93. The summed E-state index contributed by atoms with van der Waals surface area (Å²) in [6, 6.07) is 24.1. The Kier molecular flexibility index (Phi) is 4.56. The molecule has 0 N–H and O–H groups in total. The average Bonchev–Trinajstić information content (AvgIpc) is 3.24. The zero-order chi connectivity index (χ0) is 19.6. The van der Waals surface area contributed by atoms with Crippen LogP contribution in [-0.4, -0.2) is 38.5 Å². The lowest BCUT2D eigenvalue weighted by Gasteiger charge is -2.25. The maximum Gasteiger partial charge on any atom is 0.274 e. The molecule has 1 saturated heterocycles. The molecular formula is C24H22N4O. The number of hydrogen-bond donors (Lipinski definition) is 0. The Labute approximate surface area is 169 Å². The average molecular weight is 382 g/mol. The summed E-state index contributed by atoms with van der Waals surface area (Å²) in [7, 11) is 0. The van der Waals surface area contributed by atoms with Crippen molar-refractivity contribution in [3.63, 3.8) is 0 Å². The monoisotopic (exact) mass is 382 g/mol. The van der Waals surface area contributed by atoms with Crippen molar-refractivity contribution < 1.29 is 4.79 Å². The van der Waals surface area contributed by atoms with Crippen molar-refractivity contribution in [2.75, 3.05) is 13.1 Å². The third kappa shape index (κ3) is 3.40. The number of piperidine rings is 1. The number of nitrogens with zero attached hydrogens (tertiary/aromatic N) is 4. The highest BCUT2D eigenvalue weighted by atomic mass is 16.2. The van der Waals surface area contributed by atoms with E-state index in [9.17, 15) is 4.79 Å². The third-order valence-corrected chi connectivity index (χ3v) is 5.43. The molecule has 3 heterocycles. The summed E-state index contributed by atoms with van der Waals surface area (Å²) in [5.41, 5.74) is 5.02. The molecule has 0 bridgehead atoms. The number of carbonyl (C=O) groups excluding carboxylic acids is 1. The number of benzene rings is 2. The first-order chi connectivity index (χ1) is 14.3. The molecular weight excluding hydrogens is 360 g/mol. The summed E-state index contributed by atoms with van der Waals surface area (Å²) >= 11 is 0. The number of fused-ring (bicyclic) bond motifs is 1. The fourth-order valence-corrected chi connectivity index (χ4v) is 3.91. The van der Waals surface area contributed by atoms with Crippen molar-refractivity contribution in [1.29, 1.82) is 0 Å². The van der Waals surface area contributed by atoms with Gasteiger partial charge < -0.3 is 4.90 Å². The van der Waals surface area contributed by atoms with Gasteiger partial charge in [-0.1, -0.05) is 60.7 Å². The summed E-state index contributed by atoms with van der Waals surface area (Å²) in [5, 5.41) is 4.66. The number of rotatable bonds is 3. The quantitative estimate of drug-likeness (QED) is 0.516. The van der Waals surface area contributed by atoms with Crippen molar-refractivity contribution in [2.45, 2.75) is 19.3 Å². The number of carbonyl (C=O) groups is 1. The van der Waals surface area contributed by atoms with Crippen LogP contribution in [-0.2, 0) is 0 Å². The Balaban J connectivity index is 1.65. The molecule has 1 aliphatic heterocycles. The SMILES string of the molecule is O=C(c1cc2nc(-c3ccccc3)cc(-c3ccccc3)n2n1)N1CCCCC1. The van der Waals surface area contributed by atoms with Crippen molar-refractivity contribution >= 4 is 11.6 Å². The molecule has 1 fully saturated rings. The Morgan fingerprint density at radius 3 is 2.14 bits per heavy atom. The predicted molar refractivity (Wildman–Crippen MR) is 114 cm³/mol. The minimum absolute atomic E-state index is 0.00419.